The van der Waals surface area contributed by atoms with E-state index in [2.05, 4.69) is 4.37 Å². The Labute approximate surface area is 145 Å². The van der Waals surface area contributed by atoms with E-state index in [0.29, 0.717) is 17.0 Å². The summed E-state index contributed by atoms with van der Waals surface area (Å²) in [5.74, 6) is -0.606. The van der Waals surface area contributed by atoms with Crippen molar-refractivity contribution in [2.24, 2.45) is 0 Å². The monoisotopic (exact) mass is 390 g/mol. The number of ketones is 1. The van der Waals surface area contributed by atoms with Gasteiger partial charge in [0.1, 0.15) is 11.3 Å². The van der Waals surface area contributed by atoms with Gasteiger partial charge in [0.2, 0.25) is 5.78 Å². The second-order valence-electron chi connectivity index (χ2n) is 6.06. The Morgan fingerprint density at radius 2 is 1.88 bits per heavy atom. The highest BCUT2D eigenvalue weighted by atomic mass is 32.2. The summed E-state index contributed by atoms with van der Waals surface area (Å²) in [5, 5.41) is 2.14. The summed E-state index contributed by atoms with van der Waals surface area (Å²) in [6.45, 7) is 1.66. The average molecular weight is 390 g/mol. The van der Waals surface area contributed by atoms with Crippen LogP contribution in [0.15, 0.2) is 28.5 Å². The highest BCUT2D eigenvalue weighted by molar-refractivity contribution is 7.90. The summed E-state index contributed by atoms with van der Waals surface area (Å²) in [6.07, 6.45) is -1.83. The lowest BCUT2D eigenvalue weighted by atomic mass is 10.0. The molecule has 0 N–H and O–H groups in total. The molecule has 0 bridgehead atoms. The SMILES string of the molecule is Cc1n[s+](C2CC2)cc1C(=O)c1ccc(C(F)(F)F)cc1S(C)(=O)=O. The van der Waals surface area contributed by atoms with Crippen molar-refractivity contribution in [2.45, 2.75) is 36.1 Å². The first-order valence-corrected chi connectivity index (χ1v) is 10.6. The van der Waals surface area contributed by atoms with Gasteiger partial charge in [-0.05, 0) is 29.5 Å². The molecule has 9 heteroatoms. The lowest BCUT2D eigenvalue weighted by Crippen LogP contribution is -2.13. The number of alkyl halides is 3. The molecular formula is C16H15F3NO3S2+. The van der Waals surface area contributed by atoms with Crippen LogP contribution in [0.2, 0.25) is 0 Å². The van der Waals surface area contributed by atoms with Crippen LogP contribution < -0.4 is 0 Å². The topological polar surface area (TPSA) is 64.1 Å². The van der Waals surface area contributed by atoms with Gasteiger partial charge in [0.25, 0.3) is 0 Å². The van der Waals surface area contributed by atoms with Crippen LogP contribution in [-0.4, -0.2) is 24.8 Å². The third kappa shape index (κ3) is 3.62. The number of hydrogen-bond donors (Lipinski definition) is 0. The molecule has 134 valence electrons. The van der Waals surface area contributed by atoms with E-state index in [-0.39, 0.29) is 11.1 Å². The van der Waals surface area contributed by atoms with Gasteiger partial charge in [0.15, 0.2) is 20.5 Å². The Balaban J connectivity index is 2.11. The van der Waals surface area contributed by atoms with Crippen molar-refractivity contribution >= 4 is 26.3 Å². The maximum atomic E-state index is 12.9. The van der Waals surface area contributed by atoms with E-state index in [0.717, 1.165) is 31.2 Å². The Hall–Kier alpha value is -1.74. The van der Waals surface area contributed by atoms with Crippen LogP contribution in [0.4, 0.5) is 13.2 Å². The van der Waals surface area contributed by atoms with Gasteiger partial charge in [-0.1, -0.05) is 0 Å². The van der Waals surface area contributed by atoms with Crippen LogP contribution >= 0.6 is 10.7 Å². The maximum absolute atomic E-state index is 12.9. The van der Waals surface area contributed by atoms with Gasteiger partial charge in [-0.25, -0.2) is 8.42 Å². The van der Waals surface area contributed by atoms with Gasteiger partial charge in [0.05, 0.1) is 21.1 Å². The van der Waals surface area contributed by atoms with Crippen molar-refractivity contribution in [3.05, 3.63) is 46.0 Å². The molecule has 0 aliphatic heterocycles. The molecule has 1 atom stereocenters. The van der Waals surface area contributed by atoms with Crippen molar-refractivity contribution < 1.29 is 26.4 Å². The molecule has 1 aromatic carbocycles. The van der Waals surface area contributed by atoms with Crippen LogP contribution in [0.5, 0.6) is 0 Å². The number of aromatic nitrogens is 1. The number of carbonyl (C=O) groups is 1. The zero-order valence-electron chi connectivity index (χ0n) is 13.4. The molecular weight excluding hydrogens is 375 g/mol. The van der Waals surface area contributed by atoms with E-state index in [1.807, 2.05) is 0 Å². The van der Waals surface area contributed by atoms with Crippen LogP contribution in [-0.2, 0) is 16.0 Å². The van der Waals surface area contributed by atoms with Crippen molar-refractivity contribution in [3.63, 3.8) is 0 Å². The normalized spacial score (nSPS) is 16.1. The number of carbonyl (C=O) groups excluding carboxylic acids is 1. The number of nitrogens with zero attached hydrogens (tertiary/aromatic N) is 1. The molecule has 2 aromatic rings. The number of sulfone groups is 1. The number of aryl methyl sites for hydroxylation is 1. The summed E-state index contributed by atoms with van der Waals surface area (Å²) in [5.41, 5.74) is -0.579. The van der Waals surface area contributed by atoms with Crippen molar-refractivity contribution in [1.29, 1.82) is 0 Å². The second kappa shape index (κ2) is 5.91. The number of halogens is 3. The minimum absolute atomic E-state index is 0.252. The predicted molar refractivity (Wildman–Crippen MR) is 87.7 cm³/mol. The lowest BCUT2D eigenvalue weighted by molar-refractivity contribution is -0.137. The van der Waals surface area contributed by atoms with Gasteiger partial charge < -0.3 is 0 Å². The molecule has 4 nitrogen and oxygen atoms in total. The molecule has 0 amide bonds. The Bertz CT molecular complexity index is 957. The van der Waals surface area contributed by atoms with Crippen LogP contribution in [0.1, 0.15) is 45.3 Å². The van der Waals surface area contributed by atoms with E-state index in [4.69, 9.17) is 0 Å². The highest BCUT2D eigenvalue weighted by Gasteiger charge is 2.38. The molecule has 25 heavy (non-hydrogen) atoms. The van der Waals surface area contributed by atoms with E-state index in [1.54, 1.807) is 12.3 Å². The summed E-state index contributed by atoms with van der Waals surface area (Å²) < 4.78 is 67.0. The Kier molecular flexibility index (Phi) is 4.27. The summed E-state index contributed by atoms with van der Waals surface area (Å²) in [6, 6.07) is 2.18. The maximum Gasteiger partial charge on any atom is 0.416 e. The third-order valence-corrected chi connectivity index (χ3v) is 7.19. The fraction of sp³-hybridized carbons (Fsp3) is 0.375. The van der Waals surface area contributed by atoms with E-state index >= 15 is 0 Å². The van der Waals surface area contributed by atoms with Gasteiger partial charge >= 0.3 is 6.18 Å². The molecule has 1 unspecified atom stereocenters. The lowest BCUT2D eigenvalue weighted by Gasteiger charge is -2.11. The molecule has 0 radical (unpaired) electrons. The van der Waals surface area contributed by atoms with E-state index in [1.165, 1.54) is 0 Å². The van der Waals surface area contributed by atoms with Crippen molar-refractivity contribution in [3.8, 4) is 0 Å². The summed E-state index contributed by atoms with van der Waals surface area (Å²) in [4.78, 5) is 12.2. The smallest absolute Gasteiger partial charge is 0.288 e. The predicted octanol–water partition coefficient (Wildman–Crippen LogP) is 4.13. The number of benzene rings is 1. The summed E-state index contributed by atoms with van der Waals surface area (Å²) >= 11 is 0. The van der Waals surface area contributed by atoms with Gasteiger partial charge in [0, 0.05) is 24.7 Å². The first kappa shape index (κ1) is 18.1. The van der Waals surface area contributed by atoms with Gasteiger partial charge in [-0.3, -0.25) is 4.79 Å². The van der Waals surface area contributed by atoms with Crippen molar-refractivity contribution in [2.75, 3.05) is 6.26 Å². The molecule has 1 fully saturated rings. The Morgan fingerprint density at radius 3 is 2.40 bits per heavy atom. The van der Waals surface area contributed by atoms with E-state index < -0.39 is 42.9 Å². The minimum Gasteiger partial charge on any atom is -0.288 e. The number of rotatable bonds is 4. The molecule has 1 heterocycles. The van der Waals surface area contributed by atoms with Crippen molar-refractivity contribution in [1.82, 2.24) is 4.37 Å². The fourth-order valence-electron chi connectivity index (χ4n) is 2.48. The third-order valence-electron chi connectivity index (χ3n) is 3.93. The zero-order valence-corrected chi connectivity index (χ0v) is 15.1. The van der Waals surface area contributed by atoms with Crippen LogP contribution in [0, 0.1) is 6.92 Å². The highest BCUT2D eigenvalue weighted by Crippen LogP contribution is 2.49. The fourth-order valence-corrected chi connectivity index (χ4v) is 5.32. The quantitative estimate of drug-likeness (QED) is 0.582. The molecule has 0 saturated heterocycles. The first-order chi connectivity index (χ1) is 11.5. The second-order valence-corrected chi connectivity index (χ2v) is 9.83. The Morgan fingerprint density at radius 1 is 1.24 bits per heavy atom. The number of hydrogen-bond acceptors (Lipinski definition) is 4. The molecule has 1 aromatic heterocycles. The minimum atomic E-state index is -4.69. The van der Waals surface area contributed by atoms with Gasteiger partial charge in [-0.15, -0.1) is 0 Å². The average Bonchev–Trinajstić information content (AvgIpc) is 3.27. The zero-order chi connectivity index (χ0) is 18.6. The van der Waals surface area contributed by atoms with Crippen LogP contribution in [0.3, 0.4) is 0 Å². The van der Waals surface area contributed by atoms with Gasteiger partial charge in [-0.2, -0.15) is 13.2 Å². The summed E-state index contributed by atoms with van der Waals surface area (Å²) in [7, 11) is -4.40. The molecule has 0 spiro atoms. The molecule has 1 aliphatic carbocycles. The first-order valence-electron chi connectivity index (χ1n) is 7.44. The molecule has 1 saturated carbocycles. The molecule has 3 rings (SSSR count). The standard InChI is InChI=1S/C16H15F3NO3S2/c1-9-13(8-24(20-9)11-4-5-11)15(21)12-6-3-10(16(17,18)19)7-14(12)25(2,22)23/h3,6-8,11H,4-5H2,1-2H3/q+1. The molecule has 1 aliphatic rings. The van der Waals surface area contributed by atoms with Crippen LogP contribution in [0.25, 0.3) is 0 Å². The largest absolute Gasteiger partial charge is 0.416 e. The van der Waals surface area contributed by atoms with E-state index in [9.17, 15) is 26.4 Å².